The van der Waals surface area contributed by atoms with Gasteiger partial charge < -0.3 is 24.4 Å². The Labute approximate surface area is 259 Å². The molecule has 0 saturated carbocycles. The van der Waals surface area contributed by atoms with Crippen LogP contribution in [0.4, 0.5) is 5.69 Å². The summed E-state index contributed by atoms with van der Waals surface area (Å²) < 4.78 is 52.0. The summed E-state index contributed by atoms with van der Waals surface area (Å²) in [6.45, 7) is 21.0. The van der Waals surface area contributed by atoms with E-state index in [4.69, 9.17) is 24.4 Å². The van der Waals surface area contributed by atoms with E-state index in [1.807, 2.05) is 6.07 Å². The number of rotatable bonds is 22. The minimum atomic E-state index is -3.73. The van der Waals surface area contributed by atoms with Gasteiger partial charge in [-0.25, -0.2) is 12.7 Å². The number of hydrogen-bond donors (Lipinski definition) is 1. The molecule has 0 bridgehead atoms. The molecule has 0 aliphatic heterocycles. The van der Waals surface area contributed by atoms with E-state index >= 15 is 0 Å². The Hall–Kier alpha value is -1.23. The summed E-state index contributed by atoms with van der Waals surface area (Å²) in [7, 11) is -8.43. The van der Waals surface area contributed by atoms with Crippen molar-refractivity contribution in [2.75, 3.05) is 37.3 Å². The standard InChI is InChI=1S/C29H58N2O7SSi3/c1-11-42(12-2,13-3)38-27(16-17-29(30)32)25-14-15-28(37-24-36-19-21-41(8,9)10)26(22-25)31(39(4,33)34)23-35-18-20-40(5,6)7/h14-15,22,27H,11-13,16-21,23-24H2,1-10H3,(H2,30,32)/t27-/m1/s1. The van der Waals surface area contributed by atoms with Gasteiger partial charge in [0.15, 0.2) is 15.1 Å². The SMILES string of the molecule is CC[Si](CC)(CC)O[C@H](CCC(N)=O)c1ccc(OCOCC[Si](C)(C)C)c(N(COCC[Si](C)(C)C)S(C)(=O)=O)c1. The molecule has 0 aliphatic carbocycles. The number of hydrogen-bond acceptors (Lipinski definition) is 7. The monoisotopic (exact) mass is 662 g/mol. The number of ether oxygens (including phenoxy) is 3. The second kappa shape index (κ2) is 17.3. The smallest absolute Gasteiger partial charge is 0.234 e. The molecule has 0 aromatic heterocycles. The Morgan fingerprint density at radius 2 is 1.48 bits per heavy atom. The average Bonchev–Trinajstić information content (AvgIpc) is 2.87. The second-order valence-electron chi connectivity index (χ2n) is 13.5. The van der Waals surface area contributed by atoms with Gasteiger partial charge in [0, 0.05) is 35.8 Å². The van der Waals surface area contributed by atoms with Crippen LogP contribution in [-0.2, 0) is 28.7 Å². The van der Waals surface area contributed by atoms with E-state index in [-0.39, 0.29) is 19.9 Å². The lowest BCUT2D eigenvalue weighted by Gasteiger charge is -2.34. The van der Waals surface area contributed by atoms with Gasteiger partial charge in [-0.2, -0.15) is 0 Å². The van der Waals surface area contributed by atoms with Crippen LogP contribution < -0.4 is 14.8 Å². The molecule has 0 fully saturated rings. The highest BCUT2D eigenvalue weighted by Gasteiger charge is 2.33. The lowest BCUT2D eigenvalue weighted by Crippen LogP contribution is -2.37. The molecular formula is C29H58N2O7SSi3. The Morgan fingerprint density at radius 3 is 1.95 bits per heavy atom. The fraction of sp³-hybridized carbons (Fsp3) is 0.759. The van der Waals surface area contributed by atoms with Crippen molar-refractivity contribution in [2.24, 2.45) is 5.73 Å². The molecule has 0 spiro atoms. The van der Waals surface area contributed by atoms with Gasteiger partial charge in [-0.15, -0.1) is 0 Å². The first kappa shape index (κ1) is 38.8. The summed E-state index contributed by atoms with van der Waals surface area (Å²) >= 11 is 0. The van der Waals surface area contributed by atoms with Gasteiger partial charge >= 0.3 is 0 Å². The van der Waals surface area contributed by atoms with E-state index in [2.05, 4.69) is 60.1 Å². The third kappa shape index (κ3) is 14.5. The molecule has 13 heteroatoms. The molecule has 1 atom stereocenters. The van der Waals surface area contributed by atoms with Gasteiger partial charge in [0.05, 0.1) is 18.0 Å². The normalized spacial score (nSPS) is 13.7. The van der Waals surface area contributed by atoms with Crippen molar-refractivity contribution >= 4 is 46.1 Å². The van der Waals surface area contributed by atoms with Crippen LogP contribution in [0.25, 0.3) is 0 Å². The van der Waals surface area contributed by atoms with Crippen molar-refractivity contribution in [3.05, 3.63) is 23.8 Å². The second-order valence-corrected chi connectivity index (χ2v) is 31.4. The largest absolute Gasteiger partial charge is 0.465 e. The Bertz CT molecular complexity index is 1060. The summed E-state index contributed by atoms with van der Waals surface area (Å²) in [5, 5.41) is 0. The molecular weight excluding hydrogens is 605 g/mol. The van der Waals surface area contributed by atoms with Crippen LogP contribution in [0.1, 0.15) is 45.3 Å². The maximum absolute atomic E-state index is 13.1. The molecule has 2 N–H and O–H groups in total. The van der Waals surface area contributed by atoms with Crippen LogP contribution >= 0.6 is 0 Å². The number of anilines is 1. The first-order chi connectivity index (χ1) is 19.4. The molecule has 1 aromatic rings. The van der Waals surface area contributed by atoms with Crippen LogP contribution in [0, 0.1) is 0 Å². The summed E-state index contributed by atoms with van der Waals surface area (Å²) in [5.41, 5.74) is 6.67. The molecule has 0 unspecified atom stereocenters. The lowest BCUT2D eigenvalue weighted by molar-refractivity contribution is -0.118. The minimum Gasteiger partial charge on any atom is -0.465 e. The van der Waals surface area contributed by atoms with E-state index in [1.54, 1.807) is 12.1 Å². The van der Waals surface area contributed by atoms with Gasteiger partial charge in [-0.3, -0.25) is 4.79 Å². The highest BCUT2D eigenvalue weighted by Crippen LogP contribution is 2.38. The summed E-state index contributed by atoms with van der Waals surface area (Å²) in [6.07, 6.45) is 1.34. The molecule has 0 radical (unpaired) electrons. The topological polar surface area (TPSA) is 117 Å². The number of primary amides is 1. The van der Waals surface area contributed by atoms with Crippen molar-refractivity contribution in [3.8, 4) is 5.75 Å². The lowest BCUT2D eigenvalue weighted by atomic mass is 10.0. The number of carbonyl (C=O) groups excluding carboxylic acids is 1. The summed E-state index contributed by atoms with van der Waals surface area (Å²) in [5.74, 6) is -0.0193. The predicted molar refractivity (Wildman–Crippen MR) is 182 cm³/mol. The molecule has 42 heavy (non-hydrogen) atoms. The number of sulfonamides is 1. The molecule has 1 rings (SSSR count). The fourth-order valence-corrected chi connectivity index (χ4v) is 9.47. The van der Waals surface area contributed by atoms with E-state index < -0.39 is 46.5 Å². The third-order valence-corrected chi connectivity index (χ3v) is 16.7. The van der Waals surface area contributed by atoms with E-state index in [0.717, 1.165) is 35.8 Å². The molecule has 9 nitrogen and oxygen atoms in total. The van der Waals surface area contributed by atoms with Crippen LogP contribution in [-0.4, -0.2) is 71.8 Å². The molecule has 0 saturated heterocycles. The number of carbonyl (C=O) groups is 1. The summed E-state index contributed by atoms with van der Waals surface area (Å²) in [4.78, 5) is 11.8. The quantitative estimate of drug-likeness (QED) is 0.0826. The Kier molecular flexibility index (Phi) is 16.0. The van der Waals surface area contributed by atoms with Crippen LogP contribution in [0.3, 0.4) is 0 Å². The molecule has 1 aromatic carbocycles. The fourth-order valence-electron chi connectivity index (χ4n) is 4.33. The molecule has 1 amide bonds. The van der Waals surface area contributed by atoms with Crippen molar-refractivity contribution in [2.45, 2.75) is 109 Å². The first-order valence-corrected chi connectivity index (χ1v) is 27.0. The van der Waals surface area contributed by atoms with Crippen LogP contribution in [0.5, 0.6) is 5.75 Å². The summed E-state index contributed by atoms with van der Waals surface area (Å²) in [6, 6.07) is 10.2. The Balaban J connectivity index is 3.50. The van der Waals surface area contributed by atoms with Crippen molar-refractivity contribution in [3.63, 3.8) is 0 Å². The first-order valence-electron chi connectivity index (χ1n) is 15.2. The maximum Gasteiger partial charge on any atom is 0.234 e. The molecule has 0 aliphatic rings. The number of nitrogens with two attached hydrogens (primary N) is 1. The van der Waals surface area contributed by atoms with Crippen molar-refractivity contribution in [1.29, 1.82) is 0 Å². The zero-order valence-corrected chi connectivity index (χ0v) is 31.7. The van der Waals surface area contributed by atoms with Crippen LogP contribution in [0.15, 0.2) is 18.2 Å². The van der Waals surface area contributed by atoms with Gasteiger partial charge in [0.25, 0.3) is 0 Å². The maximum atomic E-state index is 13.1. The average molecular weight is 663 g/mol. The Morgan fingerprint density at radius 1 is 0.929 bits per heavy atom. The number of benzene rings is 1. The van der Waals surface area contributed by atoms with Crippen LogP contribution in [0.2, 0.25) is 69.5 Å². The predicted octanol–water partition coefficient (Wildman–Crippen LogP) is 6.78. The zero-order chi connectivity index (χ0) is 32.2. The third-order valence-electron chi connectivity index (χ3n) is 7.50. The highest BCUT2D eigenvalue weighted by molar-refractivity contribution is 7.92. The molecule has 244 valence electrons. The van der Waals surface area contributed by atoms with E-state index in [0.29, 0.717) is 31.1 Å². The highest BCUT2D eigenvalue weighted by atomic mass is 32.2. The number of nitrogens with zero attached hydrogens (tertiary/aromatic N) is 1. The van der Waals surface area contributed by atoms with E-state index in [9.17, 15) is 13.2 Å². The zero-order valence-electron chi connectivity index (χ0n) is 27.9. The van der Waals surface area contributed by atoms with Crippen molar-refractivity contribution < 1.29 is 31.8 Å². The van der Waals surface area contributed by atoms with E-state index in [1.165, 1.54) is 10.6 Å². The number of amides is 1. The molecule has 0 heterocycles. The van der Waals surface area contributed by atoms with Crippen molar-refractivity contribution in [1.82, 2.24) is 0 Å². The van der Waals surface area contributed by atoms with Gasteiger partial charge in [-0.1, -0.05) is 66.1 Å². The minimum absolute atomic E-state index is 0.00401. The van der Waals surface area contributed by atoms with Gasteiger partial charge in [0.1, 0.15) is 12.5 Å². The van der Waals surface area contributed by atoms with Gasteiger partial charge in [-0.05, 0) is 54.3 Å². The van der Waals surface area contributed by atoms with Gasteiger partial charge in [0.2, 0.25) is 15.9 Å².